The lowest BCUT2D eigenvalue weighted by Gasteiger charge is -2.21. The van der Waals surface area contributed by atoms with Gasteiger partial charge in [0.2, 0.25) is 10.0 Å². The molecule has 0 aliphatic heterocycles. The predicted octanol–water partition coefficient (Wildman–Crippen LogP) is 3.11. The molecule has 0 amide bonds. The minimum absolute atomic E-state index is 0.0551. The van der Waals surface area contributed by atoms with E-state index in [4.69, 9.17) is 43.0 Å². The molecular formula is C37H48N2O17S. The van der Waals surface area contributed by atoms with Crippen LogP contribution in [-0.4, -0.2) is 100.0 Å². The lowest BCUT2D eigenvalue weighted by atomic mass is 10.1. The number of sulfonamides is 1. The summed E-state index contributed by atoms with van der Waals surface area (Å²) in [6.45, 7) is 10.8. The lowest BCUT2D eigenvalue weighted by Crippen LogP contribution is -2.39. The third kappa shape index (κ3) is 15.0. The maximum Gasteiger partial charge on any atom is 0.348 e. The molecule has 0 heterocycles. The van der Waals surface area contributed by atoms with Gasteiger partial charge in [-0.25, -0.2) is 47.1 Å². The summed E-state index contributed by atoms with van der Waals surface area (Å²) in [5.41, 5.74) is -0.206. The number of esters is 7. The van der Waals surface area contributed by atoms with Gasteiger partial charge in [-0.05, 0) is 79.2 Å². The van der Waals surface area contributed by atoms with Crippen molar-refractivity contribution in [3.8, 4) is 11.5 Å². The molecule has 0 saturated heterocycles. The average molecular weight is 825 g/mol. The van der Waals surface area contributed by atoms with Crippen LogP contribution in [-0.2, 0) is 71.9 Å². The summed E-state index contributed by atoms with van der Waals surface area (Å²) in [6.07, 6.45) is -7.78. The number of ether oxygens (including phenoxy) is 8. The molecule has 20 heteroatoms. The summed E-state index contributed by atoms with van der Waals surface area (Å²) in [4.78, 5) is 86.8. The summed E-state index contributed by atoms with van der Waals surface area (Å²) in [6, 6.07) is 10.5. The number of carbonyl (C=O) groups is 7. The van der Waals surface area contributed by atoms with E-state index >= 15 is 0 Å². The molecule has 57 heavy (non-hydrogen) atoms. The fraction of sp³-hybridized carbons (Fsp3) is 0.486. The number of primary sulfonamides is 1. The van der Waals surface area contributed by atoms with Crippen molar-refractivity contribution < 1.29 is 79.9 Å². The zero-order valence-electron chi connectivity index (χ0n) is 32.8. The van der Waals surface area contributed by atoms with Gasteiger partial charge in [0.1, 0.15) is 10.6 Å². The van der Waals surface area contributed by atoms with Gasteiger partial charge in [-0.2, -0.15) is 0 Å². The molecule has 6 unspecified atom stereocenters. The molecule has 0 aliphatic carbocycles. The number of rotatable bonds is 21. The molecule has 0 spiro atoms. The van der Waals surface area contributed by atoms with Gasteiger partial charge in [-0.1, -0.05) is 31.5 Å². The first kappa shape index (κ1) is 47.4. The smallest absolute Gasteiger partial charge is 0.348 e. The van der Waals surface area contributed by atoms with Gasteiger partial charge in [0.05, 0.1) is 17.9 Å². The Morgan fingerprint density at radius 3 is 1.46 bits per heavy atom. The number of benzene rings is 2. The Morgan fingerprint density at radius 2 is 1.05 bits per heavy atom. The molecule has 0 aromatic heterocycles. The van der Waals surface area contributed by atoms with Crippen LogP contribution in [0.2, 0.25) is 0 Å². The van der Waals surface area contributed by atoms with Crippen molar-refractivity contribution >= 4 is 57.5 Å². The Kier molecular flexibility index (Phi) is 18.4. The maximum absolute atomic E-state index is 13.2. The second kappa shape index (κ2) is 22.1. The van der Waals surface area contributed by atoms with Crippen LogP contribution in [0.5, 0.6) is 11.5 Å². The quantitative estimate of drug-likeness (QED) is 0.104. The highest BCUT2D eigenvalue weighted by atomic mass is 32.2. The number of nitrogens with two attached hydrogens (primary N) is 1. The van der Waals surface area contributed by atoms with Gasteiger partial charge in [0.15, 0.2) is 42.4 Å². The zero-order chi connectivity index (χ0) is 43.0. The number of para-hydroxylation sites is 1. The number of carbonyl (C=O) groups excluding carboxylic acids is 7. The van der Waals surface area contributed by atoms with Crippen LogP contribution >= 0.6 is 0 Å². The number of hydrogen-bond donors (Lipinski definition) is 2. The molecule has 2 rings (SSSR count). The minimum Gasteiger partial charge on any atom is -0.463 e. The number of nitrogens with one attached hydrogen (secondary N) is 1. The Morgan fingerprint density at radius 1 is 0.632 bits per heavy atom. The number of unbranched alkanes of at least 4 members (excludes halogenated alkanes) is 1. The summed E-state index contributed by atoms with van der Waals surface area (Å²) < 4.78 is 65.9. The summed E-state index contributed by atoms with van der Waals surface area (Å²) in [5.74, 6) is -7.70. The summed E-state index contributed by atoms with van der Waals surface area (Å²) >= 11 is 0. The second-order valence-corrected chi connectivity index (χ2v) is 13.8. The summed E-state index contributed by atoms with van der Waals surface area (Å²) in [7, 11) is -4.48. The van der Waals surface area contributed by atoms with E-state index in [9.17, 15) is 42.0 Å². The van der Waals surface area contributed by atoms with Gasteiger partial charge in [0.25, 0.3) is 0 Å². The maximum atomic E-state index is 13.2. The fourth-order valence-electron chi connectivity index (χ4n) is 4.30. The van der Waals surface area contributed by atoms with Crippen LogP contribution in [0, 0.1) is 0 Å². The largest absolute Gasteiger partial charge is 0.463 e. The SMILES string of the molecule is CCCCNc1cc(C(=O)OC(C)C(=O)OC(C)C(=O)OC(C)C(=O)OC(C)C(=O)OC(C)C(=O)OC(C)C(=O)OCC)cc(S(N)(=O)=O)c1Oc1ccccc1. The molecule has 19 nitrogen and oxygen atoms in total. The Hall–Kier alpha value is -5.76. The Labute approximate surface area is 329 Å². The average Bonchev–Trinajstić information content (AvgIpc) is 3.14. The van der Waals surface area contributed by atoms with E-state index in [2.05, 4.69) is 5.32 Å². The molecule has 2 aromatic carbocycles. The van der Waals surface area contributed by atoms with Crippen LogP contribution in [0.4, 0.5) is 5.69 Å². The van der Waals surface area contributed by atoms with Gasteiger partial charge < -0.3 is 43.2 Å². The Bertz CT molecular complexity index is 1870. The van der Waals surface area contributed by atoms with Crippen molar-refractivity contribution in [3.63, 3.8) is 0 Å². The topological polar surface area (TPSA) is 266 Å². The Balaban J connectivity index is 2.03. The molecule has 2 aromatic rings. The molecule has 0 bridgehead atoms. The molecular weight excluding hydrogens is 776 g/mol. The van der Waals surface area contributed by atoms with Crippen LogP contribution in [0.25, 0.3) is 0 Å². The van der Waals surface area contributed by atoms with Gasteiger partial charge in [0, 0.05) is 6.54 Å². The molecule has 0 aliphatic rings. The monoisotopic (exact) mass is 824 g/mol. The zero-order valence-corrected chi connectivity index (χ0v) is 33.6. The molecule has 0 radical (unpaired) electrons. The van der Waals surface area contributed by atoms with Crippen LogP contribution in [0.3, 0.4) is 0 Å². The van der Waals surface area contributed by atoms with E-state index < -0.39 is 93.3 Å². The molecule has 0 saturated carbocycles. The van der Waals surface area contributed by atoms with Crippen molar-refractivity contribution in [1.82, 2.24) is 0 Å². The van der Waals surface area contributed by atoms with E-state index in [0.717, 1.165) is 47.1 Å². The molecule has 0 fully saturated rings. The second-order valence-electron chi connectivity index (χ2n) is 12.3. The van der Waals surface area contributed by atoms with E-state index in [1.165, 1.54) is 13.0 Å². The standard InChI is InChI=1S/C37H48N2O17S/c1-9-11-17-39-28-18-26(19-29(57(38,47)48)30(28)56-27-15-13-12-14-16-27)37(46)55-25(8)36(45)54-24(7)35(44)53-23(6)34(43)52-22(5)33(42)51-21(4)32(41)50-20(3)31(40)49-10-2/h12-16,18-25,39H,9-11,17H2,1-8H3,(H2,38,47,48). The first-order valence-corrected chi connectivity index (χ1v) is 19.3. The van der Waals surface area contributed by atoms with Crippen LogP contribution in [0.15, 0.2) is 47.4 Å². The fourth-order valence-corrected chi connectivity index (χ4v) is 5.00. The number of hydrogen-bond acceptors (Lipinski definition) is 18. The van der Waals surface area contributed by atoms with Crippen molar-refractivity contribution in [1.29, 1.82) is 0 Å². The third-order valence-electron chi connectivity index (χ3n) is 7.43. The van der Waals surface area contributed by atoms with Crippen molar-refractivity contribution in [2.45, 2.75) is 110 Å². The highest BCUT2D eigenvalue weighted by Gasteiger charge is 2.33. The van der Waals surface area contributed by atoms with Crippen LogP contribution in [0.1, 0.15) is 78.6 Å². The minimum atomic E-state index is -4.48. The highest BCUT2D eigenvalue weighted by Crippen LogP contribution is 2.37. The predicted molar refractivity (Wildman–Crippen MR) is 197 cm³/mol. The van der Waals surface area contributed by atoms with Crippen molar-refractivity contribution in [2.75, 3.05) is 18.5 Å². The van der Waals surface area contributed by atoms with E-state index in [1.54, 1.807) is 37.3 Å². The molecule has 314 valence electrons. The first-order valence-electron chi connectivity index (χ1n) is 17.8. The first-order chi connectivity index (χ1) is 26.7. The lowest BCUT2D eigenvalue weighted by molar-refractivity contribution is -0.187. The highest BCUT2D eigenvalue weighted by molar-refractivity contribution is 7.89. The van der Waals surface area contributed by atoms with E-state index in [0.29, 0.717) is 13.0 Å². The molecule has 3 N–H and O–H groups in total. The third-order valence-corrected chi connectivity index (χ3v) is 8.35. The van der Waals surface area contributed by atoms with Gasteiger partial charge in [-0.3, -0.25) is 0 Å². The van der Waals surface area contributed by atoms with E-state index in [-0.39, 0.29) is 29.4 Å². The van der Waals surface area contributed by atoms with Crippen molar-refractivity contribution in [2.24, 2.45) is 5.14 Å². The molecule has 6 atom stereocenters. The van der Waals surface area contributed by atoms with Crippen LogP contribution < -0.4 is 15.2 Å². The van der Waals surface area contributed by atoms with E-state index in [1.807, 2.05) is 6.92 Å². The van der Waals surface area contributed by atoms with Crippen molar-refractivity contribution in [3.05, 3.63) is 48.0 Å². The van der Waals surface area contributed by atoms with Gasteiger partial charge >= 0.3 is 41.8 Å². The van der Waals surface area contributed by atoms with Gasteiger partial charge in [-0.15, -0.1) is 0 Å². The summed E-state index contributed by atoms with van der Waals surface area (Å²) in [5, 5.41) is 8.54. The normalized spacial score (nSPS) is 14.2. The number of anilines is 1.